The molecule has 3 heterocycles. The van der Waals surface area contributed by atoms with Gasteiger partial charge in [0.1, 0.15) is 0 Å². The minimum Gasteiger partial charge on any atom is -0.410 e. The predicted molar refractivity (Wildman–Crippen MR) is 113 cm³/mol. The molecule has 4 rings (SSSR count). The van der Waals surface area contributed by atoms with Crippen LogP contribution in [0.3, 0.4) is 0 Å². The summed E-state index contributed by atoms with van der Waals surface area (Å²) in [6.45, 7) is 10.9. The van der Waals surface area contributed by atoms with Gasteiger partial charge < -0.3 is 14.2 Å². The minimum absolute atomic E-state index is 0.154. The molecule has 152 valence electrons. The summed E-state index contributed by atoms with van der Waals surface area (Å²) in [5, 5.41) is 8.67. The van der Waals surface area contributed by atoms with Crippen molar-refractivity contribution in [1.29, 1.82) is 0 Å². The number of aromatic nitrogens is 2. The van der Waals surface area contributed by atoms with Crippen LogP contribution >= 0.6 is 23.1 Å². The van der Waals surface area contributed by atoms with Crippen LogP contribution in [0.15, 0.2) is 15.7 Å². The van der Waals surface area contributed by atoms with Gasteiger partial charge in [-0.05, 0) is 50.3 Å². The van der Waals surface area contributed by atoms with Gasteiger partial charge in [0.05, 0.1) is 10.1 Å². The fourth-order valence-electron chi connectivity index (χ4n) is 3.91. The first kappa shape index (κ1) is 19.9. The molecule has 0 N–H and O–H groups in total. The van der Waals surface area contributed by atoms with Crippen molar-refractivity contribution in [3.63, 3.8) is 0 Å². The van der Waals surface area contributed by atoms with Gasteiger partial charge in [0.25, 0.3) is 11.1 Å². The van der Waals surface area contributed by atoms with E-state index in [9.17, 15) is 4.79 Å². The monoisotopic (exact) mass is 420 g/mol. The minimum atomic E-state index is -0.223. The van der Waals surface area contributed by atoms with Crippen LogP contribution in [-0.4, -0.2) is 63.9 Å². The molecule has 1 aliphatic carbocycles. The molecule has 1 amide bonds. The van der Waals surface area contributed by atoms with Crippen LogP contribution < -0.4 is 0 Å². The third-order valence-electron chi connectivity index (χ3n) is 5.70. The molecule has 0 spiro atoms. The van der Waals surface area contributed by atoms with Crippen LogP contribution in [0.1, 0.15) is 37.6 Å². The quantitative estimate of drug-likeness (QED) is 0.689. The lowest BCUT2D eigenvalue weighted by Gasteiger charge is -2.35. The Bertz CT molecular complexity index is 826. The Morgan fingerprint density at radius 1 is 1.36 bits per heavy atom. The molecule has 0 bridgehead atoms. The smallest absolute Gasteiger partial charge is 0.277 e. The van der Waals surface area contributed by atoms with E-state index in [4.69, 9.17) is 4.42 Å². The Balaban J connectivity index is 1.37. The van der Waals surface area contributed by atoms with Crippen molar-refractivity contribution in [3.05, 3.63) is 16.5 Å². The van der Waals surface area contributed by atoms with E-state index in [2.05, 4.69) is 35.0 Å². The number of hydrogen-bond acceptors (Lipinski definition) is 7. The molecule has 0 radical (unpaired) electrons. The second-order valence-electron chi connectivity index (χ2n) is 7.80. The van der Waals surface area contributed by atoms with Crippen molar-refractivity contribution in [2.75, 3.05) is 32.7 Å². The summed E-state index contributed by atoms with van der Waals surface area (Å²) in [4.78, 5) is 19.6. The summed E-state index contributed by atoms with van der Waals surface area (Å²) in [7, 11) is 0. The molecule has 0 saturated carbocycles. The van der Waals surface area contributed by atoms with Gasteiger partial charge in [0.2, 0.25) is 5.91 Å². The molecular formula is C20H28N4O2S2. The third-order valence-corrected chi connectivity index (χ3v) is 7.85. The number of thioether (sulfide) groups is 1. The van der Waals surface area contributed by atoms with Gasteiger partial charge in [0.15, 0.2) is 0 Å². The normalized spacial score (nSPS) is 21.5. The molecule has 2 aromatic heterocycles. The van der Waals surface area contributed by atoms with E-state index in [1.807, 2.05) is 11.8 Å². The Hall–Kier alpha value is -1.38. The van der Waals surface area contributed by atoms with Crippen LogP contribution in [0, 0.1) is 5.92 Å². The first-order chi connectivity index (χ1) is 13.5. The second kappa shape index (κ2) is 8.55. The molecular weight excluding hydrogens is 392 g/mol. The Morgan fingerprint density at radius 2 is 2.14 bits per heavy atom. The molecule has 8 heteroatoms. The van der Waals surface area contributed by atoms with Gasteiger partial charge in [-0.15, -0.1) is 21.5 Å². The number of nitrogens with zero attached hydrogens (tertiary/aromatic N) is 4. The molecule has 2 aromatic rings. The van der Waals surface area contributed by atoms with Crippen LogP contribution in [0.4, 0.5) is 0 Å². The van der Waals surface area contributed by atoms with Crippen molar-refractivity contribution in [3.8, 4) is 10.8 Å². The number of piperazine rings is 1. The lowest BCUT2D eigenvalue weighted by Crippen LogP contribution is -2.50. The van der Waals surface area contributed by atoms with E-state index in [0.29, 0.717) is 11.1 Å². The average molecular weight is 421 g/mol. The molecule has 2 aliphatic rings. The molecule has 1 fully saturated rings. The molecule has 6 nitrogen and oxygen atoms in total. The number of hydrogen-bond donors (Lipinski definition) is 0. The SMILES string of the molecule is CCN1CCN(C(=O)[C@H](C)Sc2nnc(-c3cc4c(s3)CC[C@@H](C)C4)o2)CC1. The van der Waals surface area contributed by atoms with Crippen LogP contribution in [-0.2, 0) is 17.6 Å². The van der Waals surface area contributed by atoms with Gasteiger partial charge in [0, 0.05) is 31.1 Å². The highest BCUT2D eigenvalue weighted by Crippen LogP contribution is 2.37. The van der Waals surface area contributed by atoms with Crippen LogP contribution in [0.25, 0.3) is 10.8 Å². The summed E-state index contributed by atoms with van der Waals surface area (Å²) in [6.07, 6.45) is 3.54. The van der Waals surface area contributed by atoms with Crippen molar-refractivity contribution in [2.24, 2.45) is 5.92 Å². The van der Waals surface area contributed by atoms with E-state index < -0.39 is 0 Å². The number of rotatable bonds is 5. The fraction of sp³-hybridized carbons (Fsp3) is 0.650. The maximum absolute atomic E-state index is 12.7. The number of amides is 1. The number of aryl methyl sites for hydroxylation is 1. The largest absolute Gasteiger partial charge is 0.410 e. The molecule has 1 aliphatic heterocycles. The van der Waals surface area contributed by atoms with Crippen molar-refractivity contribution >= 4 is 29.0 Å². The fourth-order valence-corrected chi connectivity index (χ4v) is 5.81. The van der Waals surface area contributed by atoms with E-state index in [0.717, 1.165) is 56.4 Å². The molecule has 0 aromatic carbocycles. The number of carbonyl (C=O) groups excluding carboxylic acids is 1. The summed E-state index contributed by atoms with van der Waals surface area (Å²) in [6, 6.07) is 2.21. The number of thiophene rings is 1. The zero-order valence-corrected chi connectivity index (χ0v) is 18.4. The van der Waals surface area contributed by atoms with Gasteiger partial charge in [-0.3, -0.25) is 4.79 Å². The Kier molecular flexibility index (Phi) is 6.08. The average Bonchev–Trinajstić information content (AvgIpc) is 3.33. The lowest BCUT2D eigenvalue weighted by atomic mass is 9.90. The summed E-state index contributed by atoms with van der Waals surface area (Å²) in [5.41, 5.74) is 1.43. The van der Waals surface area contributed by atoms with Gasteiger partial charge in [-0.2, -0.15) is 0 Å². The number of fused-ring (bicyclic) bond motifs is 1. The maximum Gasteiger partial charge on any atom is 0.277 e. The molecule has 1 saturated heterocycles. The summed E-state index contributed by atoms with van der Waals surface area (Å²) in [5.74, 6) is 1.47. The Labute approximate surface area is 174 Å². The highest BCUT2D eigenvalue weighted by Gasteiger charge is 2.27. The highest BCUT2D eigenvalue weighted by atomic mass is 32.2. The van der Waals surface area contributed by atoms with E-state index in [1.165, 1.54) is 28.6 Å². The van der Waals surface area contributed by atoms with E-state index in [-0.39, 0.29) is 11.2 Å². The van der Waals surface area contributed by atoms with Crippen molar-refractivity contribution in [2.45, 2.75) is 50.5 Å². The van der Waals surface area contributed by atoms with Crippen molar-refractivity contribution < 1.29 is 9.21 Å². The number of carbonyl (C=O) groups is 1. The van der Waals surface area contributed by atoms with E-state index in [1.54, 1.807) is 11.3 Å². The van der Waals surface area contributed by atoms with Gasteiger partial charge in [-0.25, -0.2) is 0 Å². The van der Waals surface area contributed by atoms with Crippen LogP contribution in [0.5, 0.6) is 0 Å². The highest BCUT2D eigenvalue weighted by molar-refractivity contribution is 8.00. The Morgan fingerprint density at radius 3 is 2.89 bits per heavy atom. The van der Waals surface area contributed by atoms with Gasteiger partial charge >= 0.3 is 0 Å². The predicted octanol–water partition coefficient (Wildman–Crippen LogP) is 3.57. The standard InChI is InChI=1S/C20H28N4O2S2/c1-4-23-7-9-24(10-8-23)19(25)14(3)27-20-22-21-18(26-20)17-12-15-11-13(2)5-6-16(15)28-17/h12-14H,4-11H2,1-3H3/t13-,14+/m1/s1. The summed E-state index contributed by atoms with van der Waals surface area (Å²) < 4.78 is 5.89. The van der Waals surface area contributed by atoms with E-state index >= 15 is 0 Å². The first-order valence-corrected chi connectivity index (χ1v) is 11.9. The first-order valence-electron chi connectivity index (χ1n) is 10.2. The third kappa shape index (κ3) is 4.28. The zero-order chi connectivity index (χ0) is 19.7. The molecule has 0 unspecified atom stereocenters. The summed E-state index contributed by atoms with van der Waals surface area (Å²) >= 11 is 3.13. The van der Waals surface area contributed by atoms with Crippen molar-refractivity contribution in [1.82, 2.24) is 20.0 Å². The lowest BCUT2D eigenvalue weighted by molar-refractivity contribution is -0.132. The topological polar surface area (TPSA) is 62.5 Å². The molecule has 28 heavy (non-hydrogen) atoms. The van der Waals surface area contributed by atoms with Crippen LogP contribution in [0.2, 0.25) is 0 Å². The molecule has 2 atom stereocenters. The number of likely N-dealkylation sites (N-methyl/N-ethyl adjacent to an activating group) is 1. The zero-order valence-electron chi connectivity index (χ0n) is 16.8. The van der Waals surface area contributed by atoms with Gasteiger partial charge in [-0.1, -0.05) is 25.6 Å². The maximum atomic E-state index is 12.7. The second-order valence-corrected chi connectivity index (χ2v) is 10.2.